The van der Waals surface area contributed by atoms with Gasteiger partial charge >= 0.3 is 19.7 Å². The molecule has 9 heteroatoms. The second-order valence-electron chi connectivity index (χ2n) is 12.3. The molecule has 1 aromatic rings. The Morgan fingerprint density at radius 2 is 1.90 bits per heavy atom. The molecule has 0 amide bonds. The lowest BCUT2D eigenvalue weighted by Crippen LogP contribution is -2.45. The van der Waals surface area contributed by atoms with Gasteiger partial charge in [0.15, 0.2) is 0 Å². The average Bonchev–Trinajstić information content (AvgIpc) is 3.22. The van der Waals surface area contributed by atoms with E-state index in [-0.39, 0.29) is 30.2 Å². The van der Waals surface area contributed by atoms with Crippen molar-refractivity contribution < 1.29 is 32.7 Å². The van der Waals surface area contributed by atoms with Crippen molar-refractivity contribution in [1.82, 2.24) is 5.09 Å². The van der Waals surface area contributed by atoms with Gasteiger partial charge in [0.2, 0.25) is 0 Å². The van der Waals surface area contributed by atoms with Crippen molar-refractivity contribution in [2.75, 3.05) is 6.61 Å². The first kappa shape index (κ1) is 31.1. The number of ether oxygens (including phenoxy) is 2. The van der Waals surface area contributed by atoms with Crippen molar-refractivity contribution >= 4 is 19.7 Å². The molecule has 0 aromatic heterocycles. The maximum atomic E-state index is 13.5. The fourth-order valence-corrected chi connectivity index (χ4v) is 8.81. The van der Waals surface area contributed by atoms with Gasteiger partial charge in [0.1, 0.15) is 17.9 Å². The summed E-state index contributed by atoms with van der Waals surface area (Å²) in [6.07, 6.45) is 8.36. The molecule has 0 saturated heterocycles. The van der Waals surface area contributed by atoms with Crippen LogP contribution in [0.5, 0.6) is 5.75 Å². The minimum Gasteiger partial charge on any atom is -0.462 e. The van der Waals surface area contributed by atoms with Crippen molar-refractivity contribution in [3.8, 4) is 5.75 Å². The Balaban J connectivity index is 1.45. The minimum absolute atomic E-state index is 0.0281. The molecule has 40 heavy (non-hydrogen) atoms. The summed E-state index contributed by atoms with van der Waals surface area (Å²) in [6.45, 7) is 11.5. The van der Waals surface area contributed by atoms with E-state index in [1.807, 2.05) is 12.1 Å². The molecular formula is C31H48NO7P. The number of nitrogens with one attached hydrogen (secondary N) is 1. The van der Waals surface area contributed by atoms with Crippen molar-refractivity contribution in [2.45, 2.75) is 123 Å². The molecule has 0 radical (unpaired) electrons. The number of unbranched alkanes of at least 4 members (excludes halogenated alkanes) is 1. The van der Waals surface area contributed by atoms with Gasteiger partial charge in [0.05, 0.1) is 12.7 Å². The molecule has 0 heterocycles. The van der Waals surface area contributed by atoms with Crippen molar-refractivity contribution in [3.63, 3.8) is 0 Å². The maximum absolute atomic E-state index is 13.5. The standard InChI is InChI=1S/C31H48NO7P/c1-7-9-10-29(33)38-28-16-15-27-26-13-11-22-19-23(12-14-24(22)25(26)17-18-31(27,28)6)39-40(35,36-8-2)32-21(5)30(34)37-20(3)4/h12,14,19-21,25-28H,7-11,13,15-18H2,1-6H3,(H,32,35)/t21-,25-,26-,27+,28+,31+,40?/m0/s1. The molecule has 1 aromatic carbocycles. The van der Waals surface area contributed by atoms with Crippen molar-refractivity contribution in [3.05, 3.63) is 29.3 Å². The maximum Gasteiger partial charge on any atom is 0.459 e. The van der Waals surface area contributed by atoms with Crippen LogP contribution in [0.3, 0.4) is 0 Å². The van der Waals surface area contributed by atoms with Crippen LogP contribution in [0.15, 0.2) is 18.2 Å². The van der Waals surface area contributed by atoms with Gasteiger partial charge in [-0.2, -0.15) is 5.09 Å². The average molecular weight is 578 g/mol. The van der Waals surface area contributed by atoms with Crippen LogP contribution in [0, 0.1) is 17.3 Å². The lowest BCUT2D eigenvalue weighted by Gasteiger charge is -2.50. The number of carbonyl (C=O) groups excluding carboxylic acids is 2. The van der Waals surface area contributed by atoms with Gasteiger partial charge in [-0.3, -0.25) is 14.1 Å². The van der Waals surface area contributed by atoms with Gasteiger partial charge in [-0.25, -0.2) is 4.57 Å². The highest BCUT2D eigenvalue weighted by Gasteiger charge is 2.56. The fraction of sp³-hybridized carbons (Fsp3) is 0.742. The number of aryl methyl sites for hydroxylation is 1. The second-order valence-corrected chi connectivity index (χ2v) is 14.0. The molecule has 0 aliphatic heterocycles. The molecule has 7 atom stereocenters. The molecule has 0 bridgehead atoms. The Labute approximate surface area is 239 Å². The third kappa shape index (κ3) is 6.77. The van der Waals surface area contributed by atoms with E-state index in [1.165, 1.54) is 11.1 Å². The summed E-state index contributed by atoms with van der Waals surface area (Å²) in [6, 6.07) is 5.12. The number of fused-ring (bicyclic) bond motifs is 5. The number of hydrogen-bond acceptors (Lipinski definition) is 7. The van der Waals surface area contributed by atoms with Crippen LogP contribution in [0.25, 0.3) is 0 Å². The summed E-state index contributed by atoms with van der Waals surface area (Å²) in [4.78, 5) is 24.7. The van der Waals surface area contributed by atoms with Crippen LogP contribution in [0.1, 0.15) is 110 Å². The van der Waals surface area contributed by atoms with Gasteiger partial charge in [-0.15, -0.1) is 0 Å². The summed E-state index contributed by atoms with van der Waals surface area (Å²) in [5.41, 5.74) is 2.62. The smallest absolute Gasteiger partial charge is 0.459 e. The number of benzene rings is 1. The zero-order chi connectivity index (χ0) is 29.1. The van der Waals surface area contributed by atoms with Crippen molar-refractivity contribution in [2.24, 2.45) is 17.3 Å². The first-order valence-electron chi connectivity index (χ1n) is 15.2. The molecular weight excluding hydrogens is 529 g/mol. The first-order valence-corrected chi connectivity index (χ1v) is 16.8. The van der Waals surface area contributed by atoms with Gasteiger partial charge in [0.25, 0.3) is 0 Å². The van der Waals surface area contributed by atoms with Gasteiger partial charge in [-0.05, 0) is 114 Å². The molecule has 1 N–H and O–H groups in total. The Morgan fingerprint density at radius 1 is 1.12 bits per heavy atom. The summed E-state index contributed by atoms with van der Waals surface area (Å²) in [7, 11) is -3.80. The highest BCUT2D eigenvalue weighted by molar-refractivity contribution is 7.52. The Hall–Kier alpha value is -1.89. The molecule has 3 aliphatic rings. The number of rotatable bonds is 12. The van der Waals surface area contributed by atoms with E-state index in [0.717, 1.165) is 51.4 Å². The van der Waals surface area contributed by atoms with Crippen LogP contribution in [0.4, 0.5) is 0 Å². The number of hydrogen-bond donors (Lipinski definition) is 1. The van der Waals surface area contributed by atoms with E-state index in [4.69, 9.17) is 18.5 Å². The highest BCUT2D eigenvalue weighted by atomic mass is 31.2. The van der Waals surface area contributed by atoms with Crippen LogP contribution < -0.4 is 9.61 Å². The van der Waals surface area contributed by atoms with Gasteiger partial charge < -0.3 is 14.0 Å². The largest absolute Gasteiger partial charge is 0.462 e. The summed E-state index contributed by atoms with van der Waals surface area (Å²) in [5.74, 6) is 1.50. The summed E-state index contributed by atoms with van der Waals surface area (Å²) in [5, 5.41) is 2.73. The van der Waals surface area contributed by atoms with Crippen LogP contribution >= 0.6 is 7.75 Å². The molecule has 1 unspecified atom stereocenters. The summed E-state index contributed by atoms with van der Waals surface area (Å²) < 4.78 is 36.2. The lowest BCUT2D eigenvalue weighted by atomic mass is 9.55. The second kappa shape index (κ2) is 13.0. The monoisotopic (exact) mass is 577 g/mol. The topological polar surface area (TPSA) is 100 Å². The van der Waals surface area contributed by atoms with Crippen LogP contribution in [-0.4, -0.2) is 36.8 Å². The lowest BCUT2D eigenvalue weighted by molar-refractivity contribution is -0.157. The Morgan fingerprint density at radius 3 is 2.60 bits per heavy atom. The van der Waals surface area contributed by atoms with Gasteiger partial charge in [-0.1, -0.05) is 26.3 Å². The third-order valence-corrected chi connectivity index (χ3v) is 11.0. The number of carbonyl (C=O) groups is 2. The highest BCUT2D eigenvalue weighted by Crippen LogP contribution is 2.61. The van der Waals surface area contributed by atoms with Gasteiger partial charge in [0, 0.05) is 11.8 Å². The van der Waals surface area contributed by atoms with E-state index < -0.39 is 19.8 Å². The van der Waals surface area contributed by atoms with E-state index in [9.17, 15) is 14.2 Å². The number of esters is 2. The fourth-order valence-electron chi connectivity index (χ4n) is 7.32. The minimum atomic E-state index is -3.80. The molecule has 3 aliphatic carbocycles. The molecule has 0 spiro atoms. The molecule has 8 nitrogen and oxygen atoms in total. The summed E-state index contributed by atoms with van der Waals surface area (Å²) >= 11 is 0. The molecule has 4 rings (SSSR count). The molecule has 2 saturated carbocycles. The quantitative estimate of drug-likeness (QED) is 0.207. The van der Waals surface area contributed by atoms with E-state index in [1.54, 1.807) is 27.7 Å². The predicted octanol–water partition coefficient (Wildman–Crippen LogP) is 7.10. The van der Waals surface area contributed by atoms with Crippen molar-refractivity contribution in [1.29, 1.82) is 0 Å². The normalized spacial score (nSPS) is 29.5. The van der Waals surface area contributed by atoms with Crippen LogP contribution in [-0.2, 0) is 34.6 Å². The van der Waals surface area contributed by atoms with Crippen LogP contribution in [0.2, 0.25) is 0 Å². The predicted molar refractivity (Wildman–Crippen MR) is 154 cm³/mol. The zero-order valence-electron chi connectivity index (χ0n) is 25.1. The van der Waals surface area contributed by atoms with E-state index in [0.29, 0.717) is 29.9 Å². The molecule has 2 fully saturated rings. The zero-order valence-corrected chi connectivity index (χ0v) is 26.0. The Bertz CT molecular complexity index is 1110. The first-order chi connectivity index (χ1) is 19.0. The van der Waals surface area contributed by atoms with E-state index >= 15 is 0 Å². The Kier molecular flexibility index (Phi) is 10.1. The SMILES string of the molecule is CCCCC(=O)O[C@@H]1CC[C@@H]2[C@H]3CCc4cc(OP(=O)(N[C@@H](C)C(=O)OC(C)C)OCC)ccc4[C@@H]3CC[C@]21C. The molecule has 224 valence electrons. The third-order valence-electron chi connectivity index (χ3n) is 9.20. The van der Waals surface area contributed by atoms with E-state index in [2.05, 4.69) is 25.0 Å².